The van der Waals surface area contributed by atoms with Crippen molar-refractivity contribution in [1.29, 1.82) is 0 Å². The van der Waals surface area contributed by atoms with Crippen LogP contribution in [0.15, 0.2) is 24.5 Å². The topological polar surface area (TPSA) is 16.1 Å². The third kappa shape index (κ3) is 1.73. The maximum absolute atomic E-state index is 4.16. The second-order valence-corrected chi connectivity index (χ2v) is 4.08. The fourth-order valence-electron chi connectivity index (χ4n) is 2.22. The molecule has 0 N–H and O–H groups in total. The van der Waals surface area contributed by atoms with Crippen LogP contribution in [0.5, 0.6) is 0 Å². The number of aromatic nitrogens is 1. The highest BCUT2D eigenvalue weighted by Gasteiger charge is 2.27. The van der Waals surface area contributed by atoms with Crippen molar-refractivity contribution in [1.82, 2.24) is 9.88 Å². The molecule has 0 aliphatic carbocycles. The maximum Gasteiger partial charge on any atom is 0.0363 e. The fraction of sp³-hybridized carbons (Fsp3) is 0.545. The molecule has 1 fully saturated rings. The van der Waals surface area contributed by atoms with E-state index in [0.29, 0.717) is 6.04 Å². The van der Waals surface area contributed by atoms with Gasteiger partial charge in [0.1, 0.15) is 0 Å². The molecule has 0 radical (unpaired) electrons. The number of hydrogen-bond donors (Lipinski definition) is 0. The van der Waals surface area contributed by atoms with Gasteiger partial charge in [-0.05, 0) is 31.0 Å². The van der Waals surface area contributed by atoms with E-state index in [1.54, 1.807) is 0 Å². The van der Waals surface area contributed by atoms with Gasteiger partial charge in [-0.25, -0.2) is 0 Å². The predicted molar refractivity (Wildman–Crippen MR) is 53.4 cm³/mol. The predicted octanol–water partition coefficient (Wildman–Crippen LogP) is 2.09. The van der Waals surface area contributed by atoms with Gasteiger partial charge in [-0.2, -0.15) is 0 Å². The van der Waals surface area contributed by atoms with Crippen molar-refractivity contribution >= 4 is 0 Å². The Kier molecular flexibility index (Phi) is 2.32. The van der Waals surface area contributed by atoms with E-state index in [1.807, 2.05) is 18.5 Å². The van der Waals surface area contributed by atoms with Crippen LogP contribution in [-0.4, -0.2) is 23.5 Å². The van der Waals surface area contributed by atoms with Crippen LogP contribution in [-0.2, 0) is 0 Å². The van der Waals surface area contributed by atoms with E-state index in [9.17, 15) is 0 Å². The highest BCUT2D eigenvalue weighted by Crippen LogP contribution is 2.32. The van der Waals surface area contributed by atoms with Gasteiger partial charge < -0.3 is 0 Å². The van der Waals surface area contributed by atoms with Crippen LogP contribution >= 0.6 is 0 Å². The molecule has 1 aromatic rings. The Morgan fingerprint density at radius 2 is 2.38 bits per heavy atom. The third-order valence-corrected chi connectivity index (χ3v) is 2.83. The summed E-state index contributed by atoms with van der Waals surface area (Å²) in [6.45, 7) is 3.52. The Balaban J connectivity index is 2.18. The summed E-state index contributed by atoms with van der Waals surface area (Å²) in [6, 6.07) is 4.78. The summed E-state index contributed by atoms with van der Waals surface area (Å²) in [5.41, 5.74) is 1.36. The van der Waals surface area contributed by atoms with Gasteiger partial charge in [0.05, 0.1) is 0 Å². The lowest BCUT2D eigenvalue weighted by atomic mass is 10.0. The smallest absolute Gasteiger partial charge is 0.0363 e. The Hall–Kier alpha value is -0.890. The van der Waals surface area contributed by atoms with Crippen LogP contribution in [0.25, 0.3) is 0 Å². The van der Waals surface area contributed by atoms with E-state index in [2.05, 4.69) is 29.9 Å². The second-order valence-electron chi connectivity index (χ2n) is 4.08. The standard InChI is InChI=1S/C11H16N2/c1-9-6-11(13(2)8-9)10-4-3-5-12-7-10/h3-5,7,9,11H,6,8H2,1-2H3. The SMILES string of the molecule is CC1CC(c2cccnc2)N(C)C1. The van der Waals surface area contributed by atoms with Crippen LogP contribution in [0.4, 0.5) is 0 Å². The van der Waals surface area contributed by atoms with Crippen molar-refractivity contribution in [2.24, 2.45) is 5.92 Å². The lowest BCUT2D eigenvalue weighted by Crippen LogP contribution is -2.18. The Morgan fingerprint density at radius 3 is 2.92 bits per heavy atom. The van der Waals surface area contributed by atoms with Crippen molar-refractivity contribution in [2.45, 2.75) is 19.4 Å². The molecule has 70 valence electrons. The van der Waals surface area contributed by atoms with Crippen LogP contribution in [0.2, 0.25) is 0 Å². The van der Waals surface area contributed by atoms with Gasteiger partial charge in [0.2, 0.25) is 0 Å². The molecule has 2 heterocycles. The summed E-state index contributed by atoms with van der Waals surface area (Å²) in [5.74, 6) is 0.815. The molecule has 0 saturated carbocycles. The Bertz CT molecular complexity index is 271. The van der Waals surface area contributed by atoms with E-state index in [1.165, 1.54) is 18.5 Å². The number of likely N-dealkylation sites (tertiary alicyclic amines) is 1. The second kappa shape index (κ2) is 3.46. The third-order valence-electron chi connectivity index (χ3n) is 2.83. The average molecular weight is 176 g/mol. The molecule has 0 bridgehead atoms. The van der Waals surface area contributed by atoms with Gasteiger partial charge in [-0.1, -0.05) is 13.0 Å². The van der Waals surface area contributed by atoms with Gasteiger partial charge in [0.25, 0.3) is 0 Å². The number of rotatable bonds is 1. The molecule has 2 atom stereocenters. The number of pyridine rings is 1. The zero-order valence-electron chi connectivity index (χ0n) is 8.27. The summed E-state index contributed by atoms with van der Waals surface area (Å²) < 4.78 is 0. The minimum atomic E-state index is 0.587. The van der Waals surface area contributed by atoms with Crippen LogP contribution in [0, 0.1) is 5.92 Å². The zero-order chi connectivity index (χ0) is 9.26. The molecule has 0 spiro atoms. The molecule has 2 nitrogen and oxygen atoms in total. The summed E-state index contributed by atoms with van der Waals surface area (Å²) >= 11 is 0. The highest BCUT2D eigenvalue weighted by atomic mass is 15.2. The molecule has 2 heteroatoms. The van der Waals surface area contributed by atoms with Gasteiger partial charge in [0.15, 0.2) is 0 Å². The first-order valence-corrected chi connectivity index (χ1v) is 4.87. The van der Waals surface area contributed by atoms with E-state index < -0.39 is 0 Å². The van der Waals surface area contributed by atoms with Gasteiger partial charge in [-0.3, -0.25) is 9.88 Å². The lowest BCUT2D eigenvalue weighted by molar-refractivity contribution is 0.314. The minimum Gasteiger partial charge on any atom is -0.299 e. The van der Waals surface area contributed by atoms with E-state index in [4.69, 9.17) is 0 Å². The van der Waals surface area contributed by atoms with Crippen LogP contribution in [0.1, 0.15) is 24.9 Å². The highest BCUT2D eigenvalue weighted by molar-refractivity contribution is 5.15. The Labute approximate surface area is 79.6 Å². The van der Waals surface area contributed by atoms with E-state index >= 15 is 0 Å². The average Bonchev–Trinajstić information content (AvgIpc) is 2.47. The molecule has 2 unspecified atom stereocenters. The molecular weight excluding hydrogens is 160 g/mol. The molecule has 0 aromatic carbocycles. The first-order valence-electron chi connectivity index (χ1n) is 4.87. The molecule has 13 heavy (non-hydrogen) atoms. The molecule has 1 aliphatic heterocycles. The normalized spacial score (nSPS) is 29.4. The van der Waals surface area contributed by atoms with E-state index in [0.717, 1.165) is 5.92 Å². The largest absolute Gasteiger partial charge is 0.299 e. The van der Waals surface area contributed by atoms with Gasteiger partial charge >= 0.3 is 0 Å². The first-order chi connectivity index (χ1) is 6.27. The van der Waals surface area contributed by atoms with Gasteiger partial charge in [-0.15, -0.1) is 0 Å². The molecule has 0 amide bonds. The van der Waals surface area contributed by atoms with Crippen molar-refractivity contribution in [3.05, 3.63) is 30.1 Å². The van der Waals surface area contributed by atoms with Crippen LogP contribution in [0.3, 0.4) is 0 Å². The quantitative estimate of drug-likeness (QED) is 0.651. The zero-order valence-corrected chi connectivity index (χ0v) is 8.27. The maximum atomic E-state index is 4.16. The monoisotopic (exact) mass is 176 g/mol. The van der Waals surface area contributed by atoms with E-state index in [-0.39, 0.29) is 0 Å². The number of nitrogens with zero attached hydrogens (tertiary/aromatic N) is 2. The minimum absolute atomic E-state index is 0.587. The van der Waals surface area contributed by atoms with Gasteiger partial charge in [0, 0.05) is 25.0 Å². The molecular formula is C11H16N2. The fourth-order valence-corrected chi connectivity index (χ4v) is 2.22. The van der Waals surface area contributed by atoms with Crippen molar-refractivity contribution in [3.8, 4) is 0 Å². The Morgan fingerprint density at radius 1 is 1.54 bits per heavy atom. The molecule has 1 aliphatic rings. The molecule has 1 aromatic heterocycles. The molecule has 2 rings (SSSR count). The summed E-state index contributed by atoms with van der Waals surface area (Å²) in [5, 5.41) is 0. The summed E-state index contributed by atoms with van der Waals surface area (Å²) in [4.78, 5) is 6.58. The lowest BCUT2D eigenvalue weighted by Gasteiger charge is -2.18. The number of hydrogen-bond acceptors (Lipinski definition) is 2. The van der Waals surface area contributed by atoms with Crippen molar-refractivity contribution in [2.75, 3.05) is 13.6 Å². The van der Waals surface area contributed by atoms with Crippen molar-refractivity contribution < 1.29 is 0 Å². The molecule has 1 saturated heterocycles. The first kappa shape index (κ1) is 8.70. The summed E-state index contributed by atoms with van der Waals surface area (Å²) in [7, 11) is 2.20. The van der Waals surface area contributed by atoms with Crippen LogP contribution < -0.4 is 0 Å². The summed E-state index contributed by atoms with van der Waals surface area (Å²) in [6.07, 6.45) is 5.09. The van der Waals surface area contributed by atoms with Crippen molar-refractivity contribution in [3.63, 3.8) is 0 Å².